The minimum Gasteiger partial charge on any atom is -0.444 e. The first kappa shape index (κ1) is 20.2. The summed E-state index contributed by atoms with van der Waals surface area (Å²) in [6.45, 7) is 6.41. The molecule has 1 saturated heterocycles. The van der Waals surface area contributed by atoms with Crippen LogP contribution in [0.4, 0.5) is 5.13 Å². The summed E-state index contributed by atoms with van der Waals surface area (Å²) < 4.78 is 6.65. The summed E-state index contributed by atoms with van der Waals surface area (Å²) in [6, 6.07) is 3.51. The van der Waals surface area contributed by atoms with E-state index in [-0.39, 0.29) is 17.9 Å². The molecule has 146 valence electrons. The number of hydrogen-bond donors (Lipinski definition) is 1. The van der Waals surface area contributed by atoms with Gasteiger partial charge in [-0.05, 0) is 41.9 Å². The lowest BCUT2D eigenvalue weighted by molar-refractivity contribution is -0.119. The highest BCUT2D eigenvalue weighted by Gasteiger charge is 2.26. The molecule has 0 bridgehead atoms. The van der Waals surface area contributed by atoms with Gasteiger partial charge in [0.2, 0.25) is 11.0 Å². The van der Waals surface area contributed by atoms with Gasteiger partial charge in [-0.1, -0.05) is 23.1 Å². The topological polar surface area (TPSA) is 91.6 Å². The summed E-state index contributed by atoms with van der Waals surface area (Å²) in [5, 5.41) is 12.0. The summed E-state index contributed by atoms with van der Waals surface area (Å²) >= 11 is 6.07. The van der Waals surface area contributed by atoms with E-state index in [9.17, 15) is 9.59 Å². The van der Waals surface area contributed by atoms with Crippen molar-refractivity contribution in [3.05, 3.63) is 22.6 Å². The monoisotopic (exact) mass is 473 g/mol. The first-order chi connectivity index (χ1) is 12.9. The van der Waals surface area contributed by atoms with E-state index in [1.165, 1.54) is 23.1 Å². The van der Waals surface area contributed by atoms with Crippen molar-refractivity contribution in [2.45, 2.75) is 24.2 Å². The number of furan rings is 1. The van der Waals surface area contributed by atoms with Crippen LogP contribution in [0.1, 0.15) is 24.4 Å². The van der Waals surface area contributed by atoms with Crippen LogP contribution in [0, 0.1) is 0 Å². The van der Waals surface area contributed by atoms with E-state index in [1.807, 2.05) is 13.8 Å². The summed E-state index contributed by atoms with van der Waals surface area (Å²) in [4.78, 5) is 28.0. The molecule has 1 N–H and O–H groups in total. The Bertz CT molecular complexity index is 802. The van der Waals surface area contributed by atoms with Crippen LogP contribution in [0.5, 0.6) is 0 Å². The van der Waals surface area contributed by atoms with Gasteiger partial charge in [-0.3, -0.25) is 9.59 Å². The number of rotatable bonds is 6. The summed E-state index contributed by atoms with van der Waals surface area (Å²) in [5.41, 5.74) is 0. The molecule has 0 unspecified atom stereocenters. The molecule has 0 radical (unpaired) electrons. The molecule has 0 aliphatic carbocycles. The standard InChI is InChI=1S/C16H20BrN5O3S2/c1-10(2)18-13(23)9-26-16-20-19-15(27-16)22-7-5-21(6-8-22)14(24)11-3-4-12(17)25-11/h3-4,10H,5-9H2,1-2H3,(H,18,23). The SMILES string of the molecule is CC(C)NC(=O)CSc1nnc(N2CCN(C(=O)c3ccc(Br)o3)CC2)s1. The van der Waals surface area contributed by atoms with E-state index in [2.05, 4.69) is 36.3 Å². The molecule has 2 aromatic rings. The molecule has 1 aliphatic heterocycles. The van der Waals surface area contributed by atoms with Gasteiger partial charge in [-0.2, -0.15) is 0 Å². The fourth-order valence-electron chi connectivity index (χ4n) is 2.57. The molecular weight excluding hydrogens is 454 g/mol. The third kappa shape index (κ3) is 5.45. The maximum absolute atomic E-state index is 12.4. The van der Waals surface area contributed by atoms with Gasteiger partial charge in [0.05, 0.1) is 5.75 Å². The molecule has 8 nitrogen and oxygen atoms in total. The predicted molar refractivity (Wildman–Crippen MR) is 108 cm³/mol. The first-order valence-electron chi connectivity index (χ1n) is 8.47. The zero-order valence-electron chi connectivity index (χ0n) is 15.0. The molecule has 2 amide bonds. The lowest BCUT2D eigenvalue weighted by atomic mass is 10.3. The van der Waals surface area contributed by atoms with Crippen molar-refractivity contribution >= 4 is 56.0 Å². The van der Waals surface area contributed by atoms with Gasteiger partial charge in [0.1, 0.15) is 0 Å². The van der Waals surface area contributed by atoms with E-state index in [0.29, 0.717) is 42.4 Å². The predicted octanol–water partition coefficient (Wildman–Crippen LogP) is 2.47. The second-order valence-electron chi connectivity index (χ2n) is 6.24. The number of nitrogens with one attached hydrogen (secondary N) is 1. The molecule has 11 heteroatoms. The largest absolute Gasteiger partial charge is 0.444 e. The molecule has 0 saturated carbocycles. The Balaban J connectivity index is 1.49. The fraction of sp³-hybridized carbons (Fsp3) is 0.500. The van der Waals surface area contributed by atoms with Crippen LogP contribution in [-0.4, -0.2) is 64.9 Å². The molecule has 2 aromatic heterocycles. The Morgan fingerprint density at radius 2 is 2.04 bits per heavy atom. The zero-order chi connectivity index (χ0) is 19.4. The smallest absolute Gasteiger partial charge is 0.289 e. The second kappa shape index (κ2) is 9.07. The average molecular weight is 474 g/mol. The van der Waals surface area contributed by atoms with Crippen LogP contribution < -0.4 is 10.2 Å². The quantitative estimate of drug-likeness (QED) is 0.644. The Morgan fingerprint density at radius 3 is 2.67 bits per heavy atom. The van der Waals surface area contributed by atoms with E-state index in [1.54, 1.807) is 17.0 Å². The average Bonchev–Trinajstić information content (AvgIpc) is 3.28. The van der Waals surface area contributed by atoms with Crippen molar-refractivity contribution in [3.8, 4) is 0 Å². The lowest BCUT2D eigenvalue weighted by Gasteiger charge is -2.33. The Kier molecular flexibility index (Phi) is 6.77. The summed E-state index contributed by atoms with van der Waals surface area (Å²) in [6.07, 6.45) is 0. The van der Waals surface area contributed by atoms with Gasteiger partial charge in [0.15, 0.2) is 14.8 Å². The number of halogens is 1. The third-order valence-corrected chi connectivity index (χ3v) is 6.34. The maximum atomic E-state index is 12.4. The third-order valence-electron chi connectivity index (χ3n) is 3.79. The van der Waals surface area contributed by atoms with Gasteiger partial charge in [0, 0.05) is 32.2 Å². The number of nitrogens with zero attached hydrogens (tertiary/aromatic N) is 4. The number of amides is 2. The number of hydrogen-bond acceptors (Lipinski definition) is 8. The van der Waals surface area contributed by atoms with Gasteiger partial charge in [0.25, 0.3) is 5.91 Å². The van der Waals surface area contributed by atoms with Crippen molar-refractivity contribution < 1.29 is 14.0 Å². The molecular formula is C16H20BrN5O3S2. The number of piperazine rings is 1. The highest BCUT2D eigenvalue weighted by molar-refractivity contribution is 9.10. The minimum absolute atomic E-state index is 0.0107. The van der Waals surface area contributed by atoms with Crippen molar-refractivity contribution in [2.75, 3.05) is 36.8 Å². The molecule has 1 aliphatic rings. The molecule has 0 atom stereocenters. The van der Waals surface area contributed by atoms with Crippen LogP contribution in [-0.2, 0) is 4.79 Å². The summed E-state index contributed by atoms with van der Waals surface area (Å²) in [5.74, 6) is 0.548. The fourth-order valence-corrected chi connectivity index (χ4v) is 4.58. The minimum atomic E-state index is -0.106. The molecule has 3 heterocycles. The van der Waals surface area contributed by atoms with Crippen molar-refractivity contribution in [1.82, 2.24) is 20.4 Å². The molecule has 1 fully saturated rings. The number of anilines is 1. The number of thioether (sulfide) groups is 1. The number of carbonyl (C=O) groups is 2. The molecule has 0 spiro atoms. The maximum Gasteiger partial charge on any atom is 0.289 e. The van der Waals surface area contributed by atoms with Crippen molar-refractivity contribution in [3.63, 3.8) is 0 Å². The van der Waals surface area contributed by atoms with Crippen LogP contribution in [0.25, 0.3) is 0 Å². The zero-order valence-corrected chi connectivity index (χ0v) is 18.2. The molecule has 0 aromatic carbocycles. The molecule has 27 heavy (non-hydrogen) atoms. The van der Waals surface area contributed by atoms with Crippen molar-refractivity contribution in [1.29, 1.82) is 0 Å². The van der Waals surface area contributed by atoms with E-state index in [4.69, 9.17) is 4.42 Å². The lowest BCUT2D eigenvalue weighted by Crippen LogP contribution is -2.48. The van der Waals surface area contributed by atoms with E-state index in [0.717, 1.165) is 9.47 Å². The second-order valence-corrected chi connectivity index (χ2v) is 9.20. The van der Waals surface area contributed by atoms with Crippen LogP contribution in [0.3, 0.4) is 0 Å². The summed E-state index contributed by atoms with van der Waals surface area (Å²) in [7, 11) is 0. The van der Waals surface area contributed by atoms with E-state index >= 15 is 0 Å². The normalized spacial score (nSPS) is 14.7. The van der Waals surface area contributed by atoms with Crippen LogP contribution >= 0.6 is 39.0 Å². The number of carbonyl (C=O) groups excluding carboxylic acids is 2. The van der Waals surface area contributed by atoms with Crippen molar-refractivity contribution in [2.24, 2.45) is 0 Å². The number of aromatic nitrogens is 2. The van der Waals surface area contributed by atoms with Gasteiger partial charge >= 0.3 is 0 Å². The first-order valence-corrected chi connectivity index (χ1v) is 11.1. The highest BCUT2D eigenvalue weighted by atomic mass is 79.9. The Labute approximate surface area is 173 Å². The highest BCUT2D eigenvalue weighted by Crippen LogP contribution is 2.28. The van der Waals surface area contributed by atoms with Gasteiger partial charge < -0.3 is 19.5 Å². The van der Waals surface area contributed by atoms with Crippen LogP contribution in [0.15, 0.2) is 25.6 Å². The van der Waals surface area contributed by atoms with E-state index < -0.39 is 0 Å². The van der Waals surface area contributed by atoms with Gasteiger partial charge in [-0.15, -0.1) is 10.2 Å². The molecule has 3 rings (SSSR count). The van der Waals surface area contributed by atoms with Crippen LogP contribution in [0.2, 0.25) is 0 Å². The Hall–Kier alpha value is -1.59. The Morgan fingerprint density at radius 1 is 1.30 bits per heavy atom. The van der Waals surface area contributed by atoms with Gasteiger partial charge in [-0.25, -0.2) is 0 Å².